The molecule has 0 saturated carbocycles. The van der Waals surface area contributed by atoms with Crippen LogP contribution in [0.4, 0.5) is 0 Å². The van der Waals surface area contributed by atoms with E-state index >= 15 is 0 Å². The molecule has 1 heterocycles. The molecule has 2 rings (SSSR count). The van der Waals surface area contributed by atoms with Gasteiger partial charge in [0.05, 0.1) is 6.61 Å². The molecule has 1 aromatic carbocycles. The van der Waals surface area contributed by atoms with Gasteiger partial charge in [-0.3, -0.25) is 4.79 Å². The predicted octanol–water partition coefficient (Wildman–Crippen LogP) is 0.858. The van der Waals surface area contributed by atoms with Gasteiger partial charge >= 0.3 is 6.92 Å². The zero-order valence-electron chi connectivity index (χ0n) is 6.91. The van der Waals surface area contributed by atoms with Gasteiger partial charge in [-0.1, -0.05) is 25.0 Å². The Balaban J connectivity index is 2.50. The van der Waals surface area contributed by atoms with E-state index in [1.807, 2.05) is 25.0 Å². The van der Waals surface area contributed by atoms with Gasteiger partial charge in [-0.15, -0.1) is 0 Å². The summed E-state index contributed by atoms with van der Waals surface area (Å²) in [5.74, 6) is 0. The summed E-state index contributed by atoms with van der Waals surface area (Å²) in [6.07, 6.45) is 0.866. The number of fused-ring (bicyclic) bond motifs is 1. The number of hydrogen-bond acceptors (Lipinski definition) is 2. The van der Waals surface area contributed by atoms with E-state index in [0.717, 1.165) is 17.3 Å². The number of aldehydes is 1. The van der Waals surface area contributed by atoms with Crippen molar-refractivity contribution in [2.45, 2.75) is 13.4 Å². The molecule has 3 heteroatoms. The highest BCUT2D eigenvalue weighted by Crippen LogP contribution is 2.11. The molecule has 0 fully saturated rings. The molecule has 0 bridgehead atoms. The van der Waals surface area contributed by atoms with Gasteiger partial charge in [0.15, 0.2) is 0 Å². The van der Waals surface area contributed by atoms with Gasteiger partial charge in [0.2, 0.25) is 0 Å². The third-order valence-electron chi connectivity index (χ3n) is 2.23. The van der Waals surface area contributed by atoms with Gasteiger partial charge in [-0.2, -0.15) is 0 Å². The van der Waals surface area contributed by atoms with Crippen molar-refractivity contribution in [3.63, 3.8) is 0 Å². The van der Waals surface area contributed by atoms with Gasteiger partial charge in [0, 0.05) is 5.56 Å². The van der Waals surface area contributed by atoms with Crippen LogP contribution in [-0.2, 0) is 11.3 Å². The lowest BCUT2D eigenvalue weighted by atomic mass is 9.64. The maximum absolute atomic E-state index is 10.5. The van der Waals surface area contributed by atoms with E-state index in [2.05, 4.69) is 0 Å². The molecule has 1 aliphatic rings. The predicted molar refractivity (Wildman–Crippen MR) is 47.9 cm³/mol. The fourth-order valence-corrected chi connectivity index (χ4v) is 1.50. The first-order valence-corrected chi connectivity index (χ1v) is 4.01. The normalized spacial score (nSPS) is 14.6. The van der Waals surface area contributed by atoms with Crippen LogP contribution in [0.3, 0.4) is 0 Å². The quantitative estimate of drug-likeness (QED) is 0.449. The number of benzene rings is 1. The van der Waals surface area contributed by atoms with Crippen molar-refractivity contribution in [1.82, 2.24) is 0 Å². The molecule has 0 spiro atoms. The average Bonchev–Trinajstić information content (AvgIpc) is 2.47. The van der Waals surface area contributed by atoms with E-state index in [0.29, 0.717) is 6.61 Å². The van der Waals surface area contributed by atoms with E-state index in [-0.39, 0.29) is 6.92 Å². The maximum Gasteiger partial charge on any atom is 0.324 e. The lowest BCUT2D eigenvalue weighted by Gasteiger charge is -1.98. The van der Waals surface area contributed by atoms with Crippen LogP contribution >= 0.6 is 0 Å². The van der Waals surface area contributed by atoms with E-state index in [1.165, 1.54) is 5.56 Å². The smallest absolute Gasteiger partial charge is 0.324 e. The van der Waals surface area contributed by atoms with Crippen LogP contribution in [0.2, 0.25) is 6.82 Å². The summed E-state index contributed by atoms with van der Waals surface area (Å²) in [6.45, 7) is 2.82. The van der Waals surface area contributed by atoms with E-state index in [4.69, 9.17) is 4.65 Å². The summed E-state index contributed by atoms with van der Waals surface area (Å²) in [4.78, 5) is 10.5. The second kappa shape index (κ2) is 2.75. The van der Waals surface area contributed by atoms with Gasteiger partial charge in [0.1, 0.15) is 6.29 Å². The fourth-order valence-electron chi connectivity index (χ4n) is 1.50. The first-order chi connectivity index (χ1) is 5.81. The Labute approximate surface area is 71.7 Å². The average molecular weight is 160 g/mol. The van der Waals surface area contributed by atoms with Crippen molar-refractivity contribution in [2.75, 3.05) is 0 Å². The molecular weight excluding hydrogens is 151 g/mol. The van der Waals surface area contributed by atoms with Crippen LogP contribution in [0.1, 0.15) is 15.9 Å². The highest BCUT2D eigenvalue weighted by atomic mass is 16.4. The van der Waals surface area contributed by atoms with E-state index in [1.54, 1.807) is 0 Å². The first kappa shape index (κ1) is 7.56. The van der Waals surface area contributed by atoms with Crippen molar-refractivity contribution in [3.8, 4) is 0 Å². The number of hydrogen-bond donors (Lipinski definition) is 0. The third-order valence-corrected chi connectivity index (χ3v) is 2.23. The minimum absolute atomic E-state index is 0.139. The van der Waals surface area contributed by atoms with Crippen molar-refractivity contribution < 1.29 is 9.45 Å². The van der Waals surface area contributed by atoms with Crippen LogP contribution in [0.5, 0.6) is 0 Å². The lowest BCUT2D eigenvalue weighted by molar-refractivity contribution is 0.112. The van der Waals surface area contributed by atoms with Gasteiger partial charge < -0.3 is 4.65 Å². The Morgan fingerprint density at radius 2 is 2.42 bits per heavy atom. The Hall–Kier alpha value is -1.09. The first-order valence-electron chi connectivity index (χ1n) is 4.01. The van der Waals surface area contributed by atoms with Crippen LogP contribution in [-0.4, -0.2) is 13.2 Å². The standard InChI is InChI=1S/C9H9BO2/c1-10-9-4-7(5-11)2-3-8(9)6-12-10/h2-5H,6H2,1H3. The Morgan fingerprint density at radius 1 is 1.58 bits per heavy atom. The molecule has 0 saturated heterocycles. The largest absolute Gasteiger partial charge is 0.427 e. The number of rotatable bonds is 1. The highest BCUT2D eigenvalue weighted by molar-refractivity contribution is 6.67. The molecule has 2 nitrogen and oxygen atoms in total. The zero-order valence-corrected chi connectivity index (χ0v) is 6.91. The molecule has 0 unspecified atom stereocenters. The van der Waals surface area contributed by atoms with Crippen molar-refractivity contribution in [1.29, 1.82) is 0 Å². The molecule has 1 aliphatic heterocycles. The summed E-state index contributed by atoms with van der Waals surface area (Å²) in [7, 11) is 0. The second-order valence-corrected chi connectivity index (χ2v) is 3.03. The van der Waals surface area contributed by atoms with E-state index in [9.17, 15) is 4.79 Å². The Morgan fingerprint density at radius 3 is 3.17 bits per heavy atom. The SMILES string of the molecule is CB1OCc2ccc(C=O)cc21. The molecule has 1 aromatic rings. The Bertz CT molecular complexity index is 322. The molecule has 0 amide bonds. The molecule has 0 radical (unpaired) electrons. The number of carbonyl (C=O) groups is 1. The summed E-state index contributed by atoms with van der Waals surface area (Å²) >= 11 is 0. The monoisotopic (exact) mass is 160 g/mol. The van der Waals surface area contributed by atoms with E-state index < -0.39 is 0 Å². The molecule has 0 aromatic heterocycles. The lowest BCUT2D eigenvalue weighted by Crippen LogP contribution is -2.24. The van der Waals surface area contributed by atoms with Crippen molar-refractivity contribution in [3.05, 3.63) is 29.3 Å². The van der Waals surface area contributed by atoms with Gasteiger partial charge in [-0.25, -0.2) is 0 Å². The van der Waals surface area contributed by atoms with Crippen molar-refractivity contribution >= 4 is 18.7 Å². The summed E-state index contributed by atoms with van der Waals surface area (Å²) < 4.78 is 5.41. The summed E-state index contributed by atoms with van der Waals surface area (Å²) in [5.41, 5.74) is 3.08. The minimum Gasteiger partial charge on any atom is -0.427 e. The molecule has 0 N–H and O–H groups in total. The molecule has 0 aliphatic carbocycles. The topological polar surface area (TPSA) is 26.3 Å². The van der Waals surface area contributed by atoms with Crippen LogP contribution in [0, 0.1) is 0 Å². The Kier molecular flexibility index (Phi) is 1.73. The van der Waals surface area contributed by atoms with Crippen molar-refractivity contribution in [2.24, 2.45) is 0 Å². The summed E-state index contributed by atoms with van der Waals surface area (Å²) in [6, 6.07) is 5.69. The highest BCUT2D eigenvalue weighted by Gasteiger charge is 2.22. The number of carbonyl (C=O) groups excluding carboxylic acids is 1. The van der Waals surface area contributed by atoms with Crippen LogP contribution in [0.25, 0.3) is 0 Å². The third kappa shape index (κ3) is 1.06. The van der Waals surface area contributed by atoms with Crippen LogP contribution in [0.15, 0.2) is 18.2 Å². The molecule has 60 valence electrons. The van der Waals surface area contributed by atoms with Gasteiger partial charge in [0.25, 0.3) is 0 Å². The minimum atomic E-state index is 0.139. The van der Waals surface area contributed by atoms with Gasteiger partial charge in [-0.05, 0) is 11.0 Å². The second-order valence-electron chi connectivity index (χ2n) is 3.03. The zero-order chi connectivity index (χ0) is 8.55. The molecule has 12 heavy (non-hydrogen) atoms. The molecular formula is C9H9BO2. The molecule has 0 atom stereocenters. The summed E-state index contributed by atoms with van der Waals surface area (Å²) in [5, 5.41) is 0. The van der Waals surface area contributed by atoms with Crippen LogP contribution < -0.4 is 5.46 Å². The maximum atomic E-state index is 10.5. The fraction of sp³-hybridized carbons (Fsp3) is 0.222.